The Hall–Kier alpha value is -1.55. The van der Waals surface area contributed by atoms with E-state index in [-0.39, 0.29) is 11.5 Å². The Kier molecular flexibility index (Phi) is 4.88. The number of rotatable bonds is 5. The van der Waals surface area contributed by atoms with E-state index in [9.17, 15) is 0 Å². The SMILES string of the molecule is COc1ccc(Cl)cc1C(NN)C(C)(C)c1ccccc1. The molecule has 3 N–H and O–H groups in total. The molecule has 2 aromatic rings. The lowest BCUT2D eigenvalue weighted by Crippen LogP contribution is -2.41. The minimum atomic E-state index is -0.228. The van der Waals surface area contributed by atoms with Crippen molar-refractivity contribution in [3.8, 4) is 5.75 Å². The molecule has 3 nitrogen and oxygen atoms in total. The minimum absolute atomic E-state index is 0.131. The molecular formula is C17H21ClN2O. The predicted molar refractivity (Wildman–Crippen MR) is 87.5 cm³/mol. The monoisotopic (exact) mass is 304 g/mol. The number of ether oxygens (including phenoxy) is 1. The van der Waals surface area contributed by atoms with Gasteiger partial charge in [-0.2, -0.15) is 0 Å². The van der Waals surface area contributed by atoms with Crippen molar-refractivity contribution < 1.29 is 4.74 Å². The molecule has 0 bridgehead atoms. The van der Waals surface area contributed by atoms with Crippen LogP contribution >= 0.6 is 11.6 Å². The van der Waals surface area contributed by atoms with Gasteiger partial charge in [-0.15, -0.1) is 0 Å². The summed E-state index contributed by atoms with van der Waals surface area (Å²) in [6.07, 6.45) is 0. The third-order valence-electron chi connectivity index (χ3n) is 3.91. The summed E-state index contributed by atoms with van der Waals surface area (Å²) in [6.45, 7) is 4.29. The van der Waals surface area contributed by atoms with Crippen LogP contribution in [0.1, 0.15) is 31.0 Å². The van der Waals surface area contributed by atoms with Crippen LogP contribution < -0.4 is 16.0 Å². The van der Waals surface area contributed by atoms with Crippen molar-refractivity contribution in [2.75, 3.05) is 7.11 Å². The number of nitrogens with two attached hydrogens (primary N) is 1. The molecule has 2 rings (SSSR count). The van der Waals surface area contributed by atoms with Crippen LogP contribution in [0.3, 0.4) is 0 Å². The second-order valence-electron chi connectivity index (χ2n) is 5.57. The van der Waals surface area contributed by atoms with E-state index in [4.69, 9.17) is 22.2 Å². The van der Waals surface area contributed by atoms with E-state index in [1.54, 1.807) is 7.11 Å². The molecule has 2 aromatic carbocycles. The van der Waals surface area contributed by atoms with Gasteiger partial charge >= 0.3 is 0 Å². The molecule has 0 aliphatic carbocycles. The number of hydrogen-bond acceptors (Lipinski definition) is 3. The van der Waals surface area contributed by atoms with Gasteiger partial charge in [0.05, 0.1) is 13.2 Å². The summed E-state index contributed by atoms with van der Waals surface area (Å²) in [6, 6.07) is 15.7. The molecule has 0 aliphatic rings. The predicted octanol–water partition coefficient (Wildman–Crippen LogP) is 3.83. The summed E-state index contributed by atoms with van der Waals surface area (Å²) in [5, 5.41) is 0.662. The number of halogens is 1. The summed E-state index contributed by atoms with van der Waals surface area (Å²) in [5.74, 6) is 6.62. The molecular weight excluding hydrogens is 284 g/mol. The lowest BCUT2D eigenvalue weighted by Gasteiger charge is -2.35. The van der Waals surface area contributed by atoms with Crippen molar-refractivity contribution in [3.05, 3.63) is 64.7 Å². The molecule has 0 aromatic heterocycles. The van der Waals surface area contributed by atoms with Gasteiger partial charge in [-0.1, -0.05) is 55.8 Å². The average molecular weight is 305 g/mol. The van der Waals surface area contributed by atoms with Crippen LogP contribution in [0.2, 0.25) is 5.02 Å². The largest absolute Gasteiger partial charge is 0.496 e. The fourth-order valence-corrected chi connectivity index (χ4v) is 2.83. The van der Waals surface area contributed by atoms with Crippen LogP contribution in [-0.2, 0) is 5.41 Å². The molecule has 1 atom stereocenters. The van der Waals surface area contributed by atoms with E-state index in [1.807, 2.05) is 36.4 Å². The van der Waals surface area contributed by atoms with Crippen LogP contribution in [0.4, 0.5) is 0 Å². The van der Waals surface area contributed by atoms with Crippen LogP contribution in [-0.4, -0.2) is 7.11 Å². The molecule has 21 heavy (non-hydrogen) atoms. The molecule has 1 unspecified atom stereocenters. The van der Waals surface area contributed by atoms with Crippen molar-refractivity contribution in [3.63, 3.8) is 0 Å². The summed E-state index contributed by atoms with van der Waals surface area (Å²) in [7, 11) is 1.65. The first-order valence-corrected chi connectivity index (χ1v) is 7.23. The normalized spacial score (nSPS) is 13.0. The Morgan fingerprint density at radius 2 is 1.81 bits per heavy atom. The van der Waals surface area contributed by atoms with Crippen molar-refractivity contribution in [2.24, 2.45) is 5.84 Å². The van der Waals surface area contributed by atoms with Gasteiger partial charge in [0.25, 0.3) is 0 Å². The maximum absolute atomic E-state index is 6.15. The molecule has 0 saturated carbocycles. The Balaban J connectivity index is 2.51. The standard InChI is InChI=1S/C17H21ClN2O/c1-17(2,12-7-5-4-6-8-12)16(20-19)14-11-13(18)9-10-15(14)21-3/h4-11,16,20H,19H2,1-3H3. The van der Waals surface area contributed by atoms with Gasteiger partial charge in [-0.25, -0.2) is 0 Å². The summed E-state index contributed by atoms with van der Waals surface area (Å²) in [5.41, 5.74) is 4.83. The fraction of sp³-hybridized carbons (Fsp3) is 0.294. The molecule has 0 heterocycles. The highest BCUT2D eigenvalue weighted by Crippen LogP contribution is 2.40. The van der Waals surface area contributed by atoms with E-state index < -0.39 is 0 Å². The Morgan fingerprint density at radius 3 is 2.38 bits per heavy atom. The molecule has 0 radical (unpaired) electrons. The van der Waals surface area contributed by atoms with Crippen LogP contribution in [0, 0.1) is 0 Å². The number of hydrogen-bond donors (Lipinski definition) is 2. The van der Waals surface area contributed by atoms with Gasteiger partial charge in [0.1, 0.15) is 5.75 Å². The Morgan fingerprint density at radius 1 is 1.14 bits per heavy atom. The van der Waals surface area contributed by atoms with Gasteiger partial charge in [-0.3, -0.25) is 11.3 Å². The molecule has 0 spiro atoms. The average Bonchev–Trinajstić information content (AvgIpc) is 2.49. The summed E-state index contributed by atoms with van der Waals surface area (Å²) in [4.78, 5) is 0. The third-order valence-corrected chi connectivity index (χ3v) is 4.14. The number of nitrogens with one attached hydrogen (secondary N) is 1. The zero-order chi connectivity index (χ0) is 15.5. The highest BCUT2D eigenvalue weighted by Gasteiger charge is 2.33. The zero-order valence-corrected chi connectivity index (χ0v) is 13.3. The Bertz CT molecular complexity index is 599. The molecule has 0 aliphatic heterocycles. The van der Waals surface area contributed by atoms with E-state index in [0.717, 1.165) is 11.3 Å². The summed E-state index contributed by atoms with van der Waals surface area (Å²) < 4.78 is 5.46. The summed E-state index contributed by atoms with van der Waals surface area (Å²) >= 11 is 6.15. The topological polar surface area (TPSA) is 47.3 Å². The molecule has 4 heteroatoms. The van der Waals surface area contributed by atoms with E-state index in [2.05, 4.69) is 31.4 Å². The molecule has 0 amide bonds. The molecule has 112 valence electrons. The van der Waals surface area contributed by atoms with Gasteiger partial charge in [0.2, 0.25) is 0 Å². The number of hydrazine groups is 1. The maximum atomic E-state index is 6.15. The quantitative estimate of drug-likeness (QED) is 0.652. The van der Waals surface area contributed by atoms with Crippen LogP contribution in [0.25, 0.3) is 0 Å². The van der Waals surface area contributed by atoms with Crippen molar-refractivity contribution in [1.82, 2.24) is 5.43 Å². The first kappa shape index (κ1) is 15.8. The first-order valence-electron chi connectivity index (χ1n) is 6.85. The smallest absolute Gasteiger partial charge is 0.123 e. The second-order valence-corrected chi connectivity index (χ2v) is 6.01. The number of methoxy groups -OCH3 is 1. The molecule has 0 fully saturated rings. The first-order chi connectivity index (χ1) is 10.0. The zero-order valence-electron chi connectivity index (χ0n) is 12.6. The van der Waals surface area contributed by atoms with Gasteiger partial charge < -0.3 is 4.74 Å². The highest BCUT2D eigenvalue weighted by molar-refractivity contribution is 6.30. The Labute approximate surface area is 131 Å². The van der Waals surface area contributed by atoms with E-state index >= 15 is 0 Å². The molecule has 0 saturated heterocycles. The third kappa shape index (κ3) is 3.21. The van der Waals surface area contributed by atoms with Gasteiger partial charge in [0, 0.05) is 16.0 Å². The fourth-order valence-electron chi connectivity index (χ4n) is 2.65. The lowest BCUT2D eigenvalue weighted by molar-refractivity contribution is 0.333. The van der Waals surface area contributed by atoms with Crippen molar-refractivity contribution >= 4 is 11.6 Å². The van der Waals surface area contributed by atoms with E-state index in [0.29, 0.717) is 5.02 Å². The maximum Gasteiger partial charge on any atom is 0.123 e. The number of benzene rings is 2. The van der Waals surface area contributed by atoms with Crippen LogP contribution in [0.15, 0.2) is 48.5 Å². The lowest BCUT2D eigenvalue weighted by atomic mass is 9.75. The highest BCUT2D eigenvalue weighted by atomic mass is 35.5. The van der Waals surface area contributed by atoms with E-state index in [1.165, 1.54) is 5.56 Å². The van der Waals surface area contributed by atoms with Crippen molar-refractivity contribution in [1.29, 1.82) is 0 Å². The van der Waals surface area contributed by atoms with Gasteiger partial charge in [0.15, 0.2) is 0 Å². The van der Waals surface area contributed by atoms with Gasteiger partial charge in [-0.05, 0) is 23.8 Å². The van der Waals surface area contributed by atoms with Crippen LogP contribution in [0.5, 0.6) is 5.75 Å². The second kappa shape index (κ2) is 6.48. The van der Waals surface area contributed by atoms with Crippen molar-refractivity contribution in [2.45, 2.75) is 25.3 Å². The minimum Gasteiger partial charge on any atom is -0.496 e.